The Morgan fingerprint density at radius 2 is 1.14 bits per heavy atom. The van der Waals surface area contributed by atoms with Gasteiger partial charge in [-0.2, -0.15) is 0 Å². The molecule has 2 aromatic rings. The molecule has 0 N–H and O–H groups in total. The van der Waals surface area contributed by atoms with E-state index in [2.05, 4.69) is 0 Å². The van der Waals surface area contributed by atoms with Crippen LogP contribution in [-0.2, 0) is 18.9 Å². The molecule has 1 saturated heterocycles. The Morgan fingerprint density at radius 3 is 1.54 bits per heavy atom. The molecule has 1 aliphatic rings. The van der Waals surface area contributed by atoms with Crippen LogP contribution in [-0.4, -0.2) is 52.0 Å². The third-order valence-corrected chi connectivity index (χ3v) is 3.97. The van der Waals surface area contributed by atoms with Crippen LogP contribution in [0.15, 0.2) is 48.5 Å². The molecule has 1 aliphatic heterocycles. The zero-order valence-corrected chi connectivity index (χ0v) is 15.5. The SMILES string of the molecule is COc1ccccc1C(=O)O[C@@H]1OCCO[C@H]1OC(=O)c1ccccc1OC. The summed E-state index contributed by atoms with van der Waals surface area (Å²) in [5, 5.41) is 0. The lowest BCUT2D eigenvalue weighted by atomic mass is 10.2. The van der Waals surface area contributed by atoms with Gasteiger partial charge < -0.3 is 28.4 Å². The lowest BCUT2D eigenvalue weighted by molar-refractivity contribution is -0.288. The average Bonchev–Trinajstić information content (AvgIpc) is 2.74. The highest BCUT2D eigenvalue weighted by atomic mass is 16.8. The number of esters is 2. The Balaban J connectivity index is 1.72. The van der Waals surface area contributed by atoms with Gasteiger partial charge in [-0.1, -0.05) is 24.3 Å². The number of carbonyl (C=O) groups excluding carboxylic acids is 2. The molecule has 2 atom stereocenters. The lowest BCUT2D eigenvalue weighted by Crippen LogP contribution is -2.44. The average molecular weight is 388 g/mol. The Hall–Kier alpha value is -3.10. The van der Waals surface area contributed by atoms with Crippen LogP contribution in [0, 0.1) is 0 Å². The summed E-state index contributed by atoms with van der Waals surface area (Å²) in [5.41, 5.74) is 0.433. The van der Waals surface area contributed by atoms with Gasteiger partial charge in [0, 0.05) is 0 Å². The van der Waals surface area contributed by atoms with Gasteiger partial charge in [0.1, 0.15) is 22.6 Å². The summed E-state index contributed by atoms with van der Waals surface area (Å²) in [5.74, 6) is -0.670. The lowest BCUT2D eigenvalue weighted by Gasteiger charge is -2.30. The van der Waals surface area contributed by atoms with E-state index in [-0.39, 0.29) is 24.3 Å². The molecular weight excluding hydrogens is 368 g/mol. The van der Waals surface area contributed by atoms with E-state index < -0.39 is 24.5 Å². The first-order valence-corrected chi connectivity index (χ1v) is 8.55. The number of hydrogen-bond donors (Lipinski definition) is 0. The van der Waals surface area contributed by atoms with E-state index in [1.165, 1.54) is 14.2 Å². The van der Waals surface area contributed by atoms with Crippen LogP contribution in [0.3, 0.4) is 0 Å². The fraction of sp³-hybridized carbons (Fsp3) is 0.300. The van der Waals surface area contributed by atoms with E-state index in [1.807, 2.05) is 0 Å². The highest BCUT2D eigenvalue weighted by Gasteiger charge is 2.35. The van der Waals surface area contributed by atoms with Crippen LogP contribution in [0.4, 0.5) is 0 Å². The zero-order valence-electron chi connectivity index (χ0n) is 15.5. The molecule has 0 bridgehead atoms. The van der Waals surface area contributed by atoms with E-state index in [4.69, 9.17) is 28.4 Å². The van der Waals surface area contributed by atoms with Crippen LogP contribution >= 0.6 is 0 Å². The van der Waals surface area contributed by atoms with Crippen LogP contribution < -0.4 is 9.47 Å². The Kier molecular flexibility index (Phi) is 6.46. The third-order valence-electron chi connectivity index (χ3n) is 3.97. The molecule has 0 aliphatic carbocycles. The second-order valence-electron chi connectivity index (χ2n) is 5.69. The second-order valence-corrected chi connectivity index (χ2v) is 5.69. The summed E-state index contributed by atoms with van der Waals surface area (Å²) in [6.07, 6.45) is -2.44. The first kappa shape index (κ1) is 19.7. The van der Waals surface area contributed by atoms with Crippen LogP contribution in [0.1, 0.15) is 20.7 Å². The number of benzene rings is 2. The number of methoxy groups -OCH3 is 2. The predicted molar refractivity (Wildman–Crippen MR) is 96.3 cm³/mol. The second kappa shape index (κ2) is 9.20. The standard InChI is InChI=1S/C20H20O8/c1-23-15-9-5-3-7-13(15)17(21)27-19-20(26-12-11-25-19)28-18(22)14-8-4-6-10-16(14)24-2/h3-10,19-20H,11-12H2,1-2H3/t19-,20-/m0/s1. The van der Waals surface area contributed by atoms with Crippen molar-refractivity contribution in [1.82, 2.24) is 0 Å². The molecule has 1 heterocycles. The number of para-hydroxylation sites is 2. The first-order valence-electron chi connectivity index (χ1n) is 8.55. The smallest absolute Gasteiger partial charge is 0.344 e. The molecule has 8 nitrogen and oxygen atoms in total. The monoisotopic (exact) mass is 388 g/mol. The first-order chi connectivity index (χ1) is 13.6. The molecule has 0 unspecified atom stereocenters. The van der Waals surface area contributed by atoms with Crippen molar-refractivity contribution in [2.24, 2.45) is 0 Å². The molecule has 148 valence electrons. The van der Waals surface area contributed by atoms with Crippen LogP contribution in [0.2, 0.25) is 0 Å². The molecular formula is C20H20O8. The van der Waals surface area contributed by atoms with Gasteiger partial charge >= 0.3 is 11.9 Å². The number of carbonyl (C=O) groups is 2. The minimum atomic E-state index is -1.22. The molecule has 0 spiro atoms. The Labute approximate surface area is 161 Å². The fourth-order valence-electron chi connectivity index (χ4n) is 2.63. The van der Waals surface area contributed by atoms with Gasteiger partial charge in [-0.15, -0.1) is 0 Å². The van der Waals surface area contributed by atoms with Gasteiger partial charge in [0.05, 0.1) is 27.4 Å². The topological polar surface area (TPSA) is 89.5 Å². The number of rotatable bonds is 6. The van der Waals surface area contributed by atoms with E-state index in [0.717, 1.165) is 0 Å². The minimum Gasteiger partial charge on any atom is -0.496 e. The van der Waals surface area contributed by atoms with Crippen LogP contribution in [0.25, 0.3) is 0 Å². The molecule has 0 amide bonds. The van der Waals surface area contributed by atoms with Gasteiger partial charge in [-0.05, 0) is 24.3 Å². The van der Waals surface area contributed by atoms with Crippen molar-refractivity contribution in [3.63, 3.8) is 0 Å². The van der Waals surface area contributed by atoms with Crippen molar-refractivity contribution in [2.75, 3.05) is 27.4 Å². The van der Waals surface area contributed by atoms with Gasteiger partial charge in [0.25, 0.3) is 12.6 Å². The van der Waals surface area contributed by atoms with Crippen molar-refractivity contribution >= 4 is 11.9 Å². The van der Waals surface area contributed by atoms with E-state index in [0.29, 0.717) is 11.5 Å². The zero-order chi connectivity index (χ0) is 19.9. The number of hydrogen-bond acceptors (Lipinski definition) is 8. The molecule has 8 heteroatoms. The third kappa shape index (κ3) is 4.41. The Morgan fingerprint density at radius 1 is 0.750 bits per heavy atom. The summed E-state index contributed by atoms with van der Waals surface area (Å²) in [7, 11) is 2.90. The molecule has 0 radical (unpaired) electrons. The molecule has 2 aromatic carbocycles. The Bertz CT molecular complexity index is 765. The van der Waals surface area contributed by atoms with Gasteiger partial charge in [-0.3, -0.25) is 0 Å². The summed E-state index contributed by atoms with van der Waals surface area (Å²) < 4.78 is 31.9. The molecule has 0 aromatic heterocycles. The van der Waals surface area contributed by atoms with Gasteiger partial charge in [0.2, 0.25) is 0 Å². The molecule has 0 saturated carbocycles. The highest BCUT2D eigenvalue weighted by Crippen LogP contribution is 2.24. The van der Waals surface area contributed by atoms with Crippen molar-refractivity contribution < 1.29 is 38.0 Å². The van der Waals surface area contributed by atoms with Gasteiger partial charge in [-0.25, -0.2) is 9.59 Å². The minimum absolute atomic E-state index is 0.187. The maximum Gasteiger partial charge on any atom is 0.344 e. The summed E-state index contributed by atoms with van der Waals surface area (Å²) >= 11 is 0. The summed E-state index contributed by atoms with van der Waals surface area (Å²) in [6, 6.07) is 13.2. The maximum atomic E-state index is 12.5. The quantitative estimate of drug-likeness (QED) is 0.697. The summed E-state index contributed by atoms with van der Waals surface area (Å²) in [6.45, 7) is 0.374. The predicted octanol–water partition coefficient (Wildman–Crippen LogP) is 2.42. The largest absolute Gasteiger partial charge is 0.496 e. The van der Waals surface area contributed by atoms with Gasteiger partial charge in [0.15, 0.2) is 0 Å². The van der Waals surface area contributed by atoms with E-state index >= 15 is 0 Å². The molecule has 3 rings (SSSR count). The van der Waals surface area contributed by atoms with Crippen molar-refractivity contribution in [3.8, 4) is 11.5 Å². The summed E-state index contributed by atoms with van der Waals surface area (Å²) in [4.78, 5) is 25.0. The van der Waals surface area contributed by atoms with Crippen LogP contribution in [0.5, 0.6) is 11.5 Å². The van der Waals surface area contributed by atoms with Crippen molar-refractivity contribution in [1.29, 1.82) is 0 Å². The van der Waals surface area contributed by atoms with Crippen molar-refractivity contribution in [2.45, 2.75) is 12.6 Å². The van der Waals surface area contributed by atoms with E-state index in [9.17, 15) is 9.59 Å². The maximum absolute atomic E-state index is 12.5. The van der Waals surface area contributed by atoms with E-state index in [1.54, 1.807) is 48.5 Å². The number of ether oxygens (including phenoxy) is 6. The molecule has 28 heavy (non-hydrogen) atoms. The highest BCUT2D eigenvalue weighted by molar-refractivity contribution is 5.93. The molecule has 1 fully saturated rings. The van der Waals surface area contributed by atoms with Crippen molar-refractivity contribution in [3.05, 3.63) is 59.7 Å². The fourth-order valence-corrected chi connectivity index (χ4v) is 2.63. The normalized spacial score (nSPS) is 18.8.